The van der Waals surface area contributed by atoms with Crippen molar-refractivity contribution in [2.75, 3.05) is 25.1 Å². The van der Waals surface area contributed by atoms with Crippen molar-refractivity contribution >= 4 is 17.8 Å². The number of carbonyl (C=O) groups is 1. The molecule has 0 aromatic heterocycles. The van der Waals surface area contributed by atoms with Crippen LogP contribution in [-0.4, -0.2) is 25.8 Å². The van der Waals surface area contributed by atoms with Crippen LogP contribution in [0.3, 0.4) is 0 Å². The Kier molecular flexibility index (Phi) is 5.35. The van der Waals surface area contributed by atoms with E-state index in [1.807, 2.05) is 60.7 Å². The minimum Gasteiger partial charge on any atom is -0.486 e. The zero-order valence-corrected chi connectivity index (χ0v) is 13.3. The van der Waals surface area contributed by atoms with E-state index in [0.29, 0.717) is 19.8 Å². The average molecular weight is 324 g/mol. The molecule has 0 saturated heterocycles. The lowest BCUT2D eigenvalue weighted by Gasteiger charge is -2.18. The highest BCUT2D eigenvalue weighted by Crippen LogP contribution is 2.31. The minimum atomic E-state index is -0.200. The lowest BCUT2D eigenvalue weighted by Crippen LogP contribution is -2.29. The van der Waals surface area contributed by atoms with E-state index in [2.05, 4.69) is 10.6 Å². The summed E-state index contributed by atoms with van der Waals surface area (Å²) < 4.78 is 11.0. The van der Waals surface area contributed by atoms with Crippen LogP contribution in [-0.2, 0) is 0 Å². The highest BCUT2D eigenvalue weighted by molar-refractivity contribution is 5.89. The Balaban J connectivity index is 1.41. The summed E-state index contributed by atoms with van der Waals surface area (Å²) in [6, 6.07) is 15.0. The third kappa shape index (κ3) is 4.52. The number of urea groups is 1. The van der Waals surface area contributed by atoms with E-state index in [1.165, 1.54) is 0 Å². The fourth-order valence-electron chi connectivity index (χ4n) is 2.35. The van der Waals surface area contributed by atoms with Gasteiger partial charge in [-0.2, -0.15) is 0 Å². The van der Waals surface area contributed by atoms with Crippen LogP contribution in [0.25, 0.3) is 6.08 Å². The molecule has 0 spiro atoms. The van der Waals surface area contributed by atoms with E-state index >= 15 is 0 Å². The normalized spacial score (nSPS) is 12.8. The van der Waals surface area contributed by atoms with Crippen molar-refractivity contribution in [3.05, 3.63) is 60.2 Å². The molecule has 0 unspecified atom stereocenters. The van der Waals surface area contributed by atoms with Crippen molar-refractivity contribution < 1.29 is 14.3 Å². The first kappa shape index (κ1) is 15.9. The van der Waals surface area contributed by atoms with Crippen molar-refractivity contribution in [3.63, 3.8) is 0 Å². The number of nitrogens with one attached hydrogen (secondary N) is 2. The second-order valence-corrected chi connectivity index (χ2v) is 5.34. The highest BCUT2D eigenvalue weighted by Gasteiger charge is 2.10. The SMILES string of the molecule is O=C(NCC/C=C/c1ccc2c(c1)OCCO2)Nc1ccccc1. The van der Waals surface area contributed by atoms with Crippen LogP contribution < -0.4 is 20.1 Å². The molecule has 0 radical (unpaired) electrons. The van der Waals surface area contributed by atoms with Gasteiger partial charge in [0.1, 0.15) is 13.2 Å². The summed E-state index contributed by atoms with van der Waals surface area (Å²) in [5.74, 6) is 1.57. The molecule has 1 heterocycles. The maximum atomic E-state index is 11.7. The van der Waals surface area contributed by atoms with Crippen LogP contribution in [0, 0.1) is 0 Å². The Morgan fingerprint density at radius 1 is 1.04 bits per heavy atom. The molecule has 0 saturated carbocycles. The van der Waals surface area contributed by atoms with E-state index < -0.39 is 0 Å². The molecule has 24 heavy (non-hydrogen) atoms. The van der Waals surface area contributed by atoms with Crippen LogP contribution in [0.5, 0.6) is 11.5 Å². The van der Waals surface area contributed by atoms with E-state index in [4.69, 9.17) is 9.47 Å². The Morgan fingerprint density at radius 2 is 1.83 bits per heavy atom. The number of anilines is 1. The summed E-state index contributed by atoms with van der Waals surface area (Å²) in [5, 5.41) is 5.60. The maximum Gasteiger partial charge on any atom is 0.319 e. The predicted octanol–water partition coefficient (Wildman–Crippen LogP) is 3.68. The summed E-state index contributed by atoms with van der Waals surface area (Å²) in [5.41, 5.74) is 1.83. The van der Waals surface area contributed by atoms with Crippen molar-refractivity contribution in [1.82, 2.24) is 5.32 Å². The number of para-hydroxylation sites is 1. The van der Waals surface area contributed by atoms with Gasteiger partial charge in [0, 0.05) is 12.2 Å². The van der Waals surface area contributed by atoms with Crippen LogP contribution in [0.2, 0.25) is 0 Å². The molecule has 124 valence electrons. The number of fused-ring (bicyclic) bond motifs is 1. The molecule has 2 aromatic rings. The van der Waals surface area contributed by atoms with Gasteiger partial charge in [-0.1, -0.05) is 36.4 Å². The first-order chi connectivity index (χ1) is 11.8. The van der Waals surface area contributed by atoms with Gasteiger partial charge in [0.05, 0.1) is 0 Å². The molecule has 1 aliphatic rings. The maximum absolute atomic E-state index is 11.7. The number of hydrogen-bond donors (Lipinski definition) is 2. The van der Waals surface area contributed by atoms with Gasteiger partial charge in [-0.25, -0.2) is 4.79 Å². The molecular formula is C19H20N2O3. The molecule has 2 amide bonds. The number of carbonyl (C=O) groups excluding carboxylic acids is 1. The monoisotopic (exact) mass is 324 g/mol. The number of amides is 2. The fraction of sp³-hybridized carbons (Fsp3) is 0.211. The quantitative estimate of drug-likeness (QED) is 0.825. The molecule has 5 heteroatoms. The molecule has 0 aliphatic carbocycles. The molecule has 3 rings (SSSR count). The molecule has 5 nitrogen and oxygen atoms in total. The lowest BCUT2D eigenvalue weighted by atomic mass is 10.1. The average Bonchev–Trinajstić information content (AvgIpc) is 2.62. The topological polar surface area (TPSA) is 59.6 Å². The zero-order valence-electron chi connectivity index (χ0n) is 13.3. The summed E-state index contributed by atoms with van der Waals surface area (Å²) >= 11 is 0. The standard InChI is InChI=1S/C19H20N2O3/c22-19(21-16-7-2-1-3-8-16)20-11-5-4-6-15-9-10-17-18(14-15)24-13-12-23-17/h1-4,6-10,14H,5,11-13H2,(H2,20,21,22)/b6-4+. The largest absolute Gasteiger partial charge is 0.486 e. The third-order valence-electron chi connectivity index (χ3n) is 3.50. The summed E-state index contributed by atoms with van der Waals surface area (Å²) in [6.07, 6.45) is 4.78. The third-order valence-corrected chi connectivity index (χ3v) is 3.50. The van der Waals surface area contributed by atoms with Crippen molar-refractivity contribution in [2.45, 2.75) is 6.42 Å². The second kappa shape index (κ2) is 8.06. The van der Waals surface area contributed by atoms with Gasteiger partial charge in [-0.15, -0.1) is 0 Å². The summed E-state index contributed by atoms with van der Waals surface area (Å²) in [4.78, 5) is 11.7. The number of hydrogen-bond acceptors (Lipinski definition) is 3. The molecule has 1 aliphatic heterocycles. The first-order valence-corrected chi connectivity index (χ1v) is 7.97. The Labute approximate surface area is 141 Å². The van der Waals surface area contributed by atoms with Gasteiger partial charge in [0.25, 0.3) is 0 Å². The number of rotatable bonds is 5. The fourth-order valence-corrected chi connectivity index (χ4v) is 2.35. The van der Waals surface area contributed by atoms with Gasteiger partial charge < -0.3 is 20.1 Å². The van der Waals surface area contributed by atoms with Crippen molar-refractivity contribution in [3.8, 4) is 11.5 Å². The lowest BCUT2D eigenvalue weighted by molar-refractivity contribution is 0.171. The Morgan fingerprint density at radius 3 is 2.67 bits per heavy atom. The van der Waals surface area contributed by atoms with Crippen molar-refractivity contribution in [1.29, 1.82) is 0 Å². The molecular weight excluding hydrogens is 304 g/mol. The molecule has 0 fully saturated rings. The Hall–Kier alpha value is -2.95. The molecule has 0 atom stereocenters. The van der Waals surface area contributed by atoms with Crippen LogP contribution in [0.15, 0.2) is 54.6 Å². The number of benzene rings is 2. The van der Waals surface area contributed by atoms with E-state index in [1.54, 1.807) is 0 Å². The highest BCUT2D eigenvalue weighted by atomic mass is 16.6. The van der Waals surface area contributed by atoms with Gasteiger partial charge in [0.2, 0.25) is 0 Å². The predicted molar refractivity (Wildman–Crippen MR) is 94.5 cm³/mol. The van der Waals surface area contributed by atoms with Gasteiger partial charge in [0.15, 0.2) is 11.5 Å². The molecule has 0 bridgehead atoms. The van der Waals surface area contributed by atoms with Gasteiger partial charge in [-0.3, -0.25) is 0 Å². The molecule has 2 N–H and O–H groups in total. The van der Waals surface area contributed by atoms with Gasteiger partial charge >= 0.3 is 6.03 Å². The Bertz CT molecular complexity index is 714. The van der Waals surface area contributed by atoms with E-state index in [-0.39, 0.29) is 6.03 Å². The number of ether oxygens (including phenoxy) is 2. The minimum absolute atomic E-state index is 0.200. The van der Waals surface area contributed by atoms with Crippen LogP contribution >= 0.6 is 0 Å². The smallest absolute Gasteiger partial charge is 0.319 e. The van der Waals surface area contributed by atoms with E-state index in [9.17, 15) is 4.79 Å². The van der Waals surface area contributed by atoms with Gasteiger partial charge in [-0.05, 0) is 36.2 Å². The summed E-state index contributed by atoms with van der Waals surface area (Å²) in [7, 11) is 0. The van der Waals surface area contributed by atoms with E-state index in [0.717, 1.165) is 29.2 Å². The van der Waals surface area contributed by atoms with Crippen LogP contribution in [0.4, 0.5) is 10.5 Å². The zero-order chi connectivity index (χ0) is 16.6. The van der Waals surface area contributed by atoms with Crippen LogP contribution in [0.1, 0.15) is 12.0 Å². The second-order valence-electron chi connectivity index (χ2n) is 5.34. The van der Waals surface area contributed by atoms with Crippen molar-refractivity contribution in [2.24, 2.45) is 0 Å². The summed E-state index contributed by atoms with van der Waals surface area (Å²) in [6.45, 7) is 1.75. The molecule has 2 aromatic carbocycles. The first-order valence-electron chi connectivity index (χ1n) is 7.97.